The molecule has 5 heteroatoms. The van der Waals surface area contributed by atoms with Crippen molar-refractivity contribution >= 4 is 24.0 Å². The van der Waals surface area contributed by atoms with Crippen LogP contribution in [0.5, 0.6) is 0 Å². The van der Waals surface area contributed by atoms with Gasteiger partial charge < -0.3 is 5.73 Å². The van der Waals surface area contributed by atoms with Crippen LogP contribution in [0.15, 0.2) is 12.3 Å². The molecule has 0 spiro atoms. The van der Waals surface area contributed by atoms with E-state index in [2.05, 4.69) is 4.98 Å². The number of nitrogens with two attached hydrogens (primary N) is 1. The summed E-state index contributed by atoms with van der Waals surface area (Å²) in [6, 6.07) is 1.27. The lowest BCUT2D eigenvalue weighted by atomic mass is 10.3. The molecule has 1 aromatic rings. The summed E-state index contributed by atoms with van der Waals surface area (Å²) in [5.74, 6) is -0.524. The first kappa shape index (κ1) is 10.6. The topological polar surface area (TPSA) is 38.9 Å². The molecule has 1 rings (SSSR count). The number of hydrogen-bond acceptors (Lipinski definition) is 2. The van der Waals surface area contributed by atoms with E-state index < -0.39 is 5.82 Å². The van der Waals surface area contributed by atoms with Crippen molar-refractivity contribution in [1.29, 1.82) is 0 Å². The first-order valence-corrected chi connectivity index (χ1v) is 3.12. The van der Waals surface area contributed by atoms with Gasteiger partial charge in [0.2, 0.25) is 0 Å². The minimum atomic E-state index is -0.524. The zero-order valence-corrected chi connectivity index (χ0v) is 7.12. The van der Waals surface area contributed by atoms with Crippen LogP contribution in [0.3, 0.4) is 0 Å². The van der Waals surface area contributed by atoms with Crippen molar-refractivity contribution in [2.45, 2.75) is 6.54 Å². The molecule has 1 heterocycles. The molecule has 0 atom stereocenters. The smallest absolute Gasteiger partial charge is 0.164 e. The molecule has 0 radical (unpaired) electrons. The second kappa shape index (κ2) is 4.49. The van der Waals surface area contributed by atoms with Crippen molar-refractivity contribution in [1.82, 2.24) is 4.98 Å². The Morgan fingerprint density at radius 3 is 2.73 bits per heavy atom. The third-order valence-electron chi connectivity index (χ3n) is 1.09. The van der Waals surface area contributed by atoms with Crippen LogP contribution in [0.4, 0.5) is 4.39 Å². The molecule has 11 heavy (non-hydrogen) atoms. The fraction of sp³-hybridized carbons (Fsp3) is 0.167. The molecule has 0 saturated heterocycles. The second-order valence-corrected chi connectivity index (χ2v) is 2.18. The molecule has 2 nitrogen and oxygen atoms in total. The molecule has 0 fully saturated rings. The number of halogens is 3. The molecular weight excluding hydrogens is 190 g/mol. The highest BCUT2D eigenvalue weighted by Crippen LogP contribution is 2.10. The van der Waals surface area contributed by atoms with Crippen LogP contribution in [0.25, 0.3) is 0 Å². The fourth-order valence-electron chi connectivity index (χ4n) is 0.572. The van der Waals surface area contributed by atoms with Crippen molar-refractivity contribution in [2.24, 2.45) is 5.73 Å². The summed E-state index contributed by atoms with van der Waals surface area (Å²) < 4.78 is 12.5. The summed E-state index contributed by atoms with van der Waals surface area (Å²) in [4.78, 5) is 3.56. The maximum absolute atomic E-state index is 12.5. The number of nitrogens with zero attached hydrogens (tertiary/aromatic N) is 1. The first-order chi connectivity index (χ1) is 4.74. The lowest BCUT2D eigenvalue weighted by Crippen LogP contribution is -1.97. The number of hydrogen-bond donors (Lipinski definition) is 1. The van der Waals surface area contributed by atoms with Gasteiger partial charge in [0.15, 0.2) is 11.0 Å². The molecule has 0 saturated carbocycles. The van der Waals surface area contributed by atoms with Gasteiger partial charge in [-0.05, 0) is 11.6 Å². The van der Waals surface area contributed by atoms with Crippen LogP contribution in [0.2, 0.25) is 5.15 Å². The minimum Gasteiger partial charge on any atom is -0.326 e. The van der Waals surface area contributed by atoms with Crippen molar-refractivity contribution in [3.63, 3.8) is 0 Å². The van der Waals surface area contributed by atoms with E-state index in [0.717, 1.165) is 0 Å². The van der Waals surface area contributed by atoms with Crippen LogP contribution in [0.1, 0.15) is 5.56 Å². The molecule has 0 aliphatic heterocycles. The zero-order valence-electron chi connectivity index (χ0n) is 5.55. The van der Waals surface area contributed by atoms with E-state index in [1.54, 1.807) is 0 Å². The molecular formula is C6H7Cl2FN2. The molecule has 0 unspecified atom stereocenters. The van der Waals surface area contributed by atoms with Crippen LogP contribution in [-0.2, 0) is 6.54 Å². The maximum Gasteiger partial charge on any atom is 0.164 e. The molecule has 0 aliphatic carbocycles. The molecule has 0 amide bonds. The van der Waals surface area contributed by atoms with Gasteiger partial charge in [0.25, 0.3) is 0 Å². The lowest BCUT2D eigenvalue weighted by molar-refractivity contribution is 0.619. The van der Waals surface area contributed by atoms with Crippen molar-refractivity contribution in [2.75, 3.05) is 0 Å². The summed E-state index contributed by atoms with van der Waals surface area (Å²) in [7, 11) is 0. The summed E-state index contributed by atoms with van der Waals surface area (Å²) in [6.45, 7) is 0.279. The van der Waals surface area contributed by atoms with Crippen LogP contribution in [-0.4, -0.2) is 4.98 Å². The van der Waals surface area contributed by atoms with E-state index in [0.29, 0.717) is 5.56 Å². The van der Waals surface area contributed by atoms with Crippen LogP contribution < -0.4 is 5.73 Å². The van der Waals surface area contributed by atoms with Gasteiger partial charge in [0.1, 0.15) is 0 Å². The minimum absolute atomic E-state index is 0. The second-order valence-electron chi connectivity index (χ2n) is 1.82. The Labute approximate surface area is 75.0 Å². The average molecular weight is 197 g/mol. The van der Waals surface area contributed by atoms with Crippen molar-refractivity contribution < 1.29 is 4.39 Å². The Kier molecular flexibility index (Phi) is 4.33. The quantitative estimate of drug-likeness (QED) is 0.696. The normalized spacial score (nSPS) is 9.00. The van der Waals surface area contributed by atoms with Gasteiger partial charge in [-0.25, -0.2) is 9.37 Å². The van der Waals surface area contributed by atoms with Crippen LogP contribution >= 0.6 is 24.0 Å². The third kappa shape index (κ3) is 2.61. The molecule has 1 aromatic heterocycles. The van der Waals surface area contributed by atoms with Crippen molar-refractivity contribution in [3.05, 3.63) is 28.8 Å². The van der Waals surface area contributed by atoms with Gasteiger partial charge in [-0.1, -0.05) is 11.6 Å². The predicted octanol–water partition coefficient (Wildman–Crippen LogP) is 1.75. The largest absolute Gasteiger partial charge is 0.326 e. The number of pyridine rings is 1. The van der Waals surface area contributed by atoms with Crippen LogP contribution in [0, 0.1) is 5.82 Å². The van der Waals surface area contributed by atoms with Gasteiger partial charge in [0, 0.05) is 12.7 Å². The summed E-state index contributed by atoms with van der Waals surface area (Å²) >= 11 is 5.31. The standard InChI is InChI=1S/C6H6ClFN2.ClH/c7-6-5(8)1-4(2-9)3-10-6;/h1,3H,2,9H2;1H. The van der Waals surface area contributed by atoms with Crippen molar-refractivity contribution in [3.8, 4) is 0 Å². The summed E-state index contributed by atoms with van der Waals surface area (Å²) in [5, 5.41) is -0.114. The SMILES string of the molecule is Cl.NCc1cnc(Cl)c(F)c1. The average Bonchev–Trinajstić information content (AvgIpc) is 1.95. The first-order valence-electron chi connectivity index (χ1n) is 2.74. The highest BCUT2D eigenvalue weighted by molar-refractivity contribution is 6.29. The highest BCUT2D eigenvalue weighted by atomic mass is 35.5. The predicted molar refractivity (Wildman–Crippen MR) is 44.3 cm³/mol. The Bertz CT molecular complexity index is 242. The van der Waals surface area contributed by atoms with Gasteiger partial charge in [-0.3, -0.25) is 0 Å². The molecule has 0 aromatic carbocycles. The highest BCUT2D eigenvalue weighted by Gasteiger charge is 1.99. The Morgan fingerprint density at radius 2 is 2.27 bits per heavy atom. The summed E-state index contributed by atoms with van der Waals surface area (Å²) in [6.07, 6.45) is 1.45. The maximum atomic E-state index is 12.5. The monoisotopic (exact) mass is 196 g/mol. The molecule has 0 aliphatic rings. The third-order valence-corrected chi connectivity index (χ3v) is 1.37. The number of rotatable bonds is 1. The van der Waals surface area contributed by atoms with E-state index in [-0.39, 0.29) is 24.1 Å². The van der Waals surface area contributed by atoms with Gasteiger partial charge >= 0.3 is 0 Å². The van der Waals surface area contributed by atoms with E-state index >= 15 is 0 Å². The fourth-order valence-corrected chi connectivity index (χ4v) is 0.676. The molecule has 2 N–H and O–H groups in total. The summed E-state index contributed by atoms with van der Waals surface area (Å²) in [5.41, 5.74) is 5.86. The Hall–Kier alpha value is -0.380. The lowest BCUT2D eigenvalue weighted by Gasteiger charge is -1.95. The van der Waals surface area contributed by atoms with E-state index in [4.69, 9.17) is 17.3 Å². The van der Waals surface area contributed by atoms with Gasteiger partial charge in [-0.15, -0.1) is 12.4 Å². The van der Waals surface area contributed by atoms with E-state index in [1.807, 2.05) is 0 Å². The van der Waals surface area contributed by atoms with E-state index in [9.17, 15) is 4.39 Å². The Balaban J connectivity index is 0.000001000. The molecule has 0 bridgehead atoms. The Morgan fingerprint density at radius 1 is 1.64 bits per heavy atom. The number of aromatic nitrogens is 1. The zero-order chi connectivity index (χ0) is 7.56. The van der Waals surface area contributed by atoms with Gasteiger partial charge in [-0.2, -0.15) is 0 Å². The molecule has 62 valence electrons. The van der Waals surface area contributed by atoms with E-state index in [1.165, 1.54) is 12.3 Å². The van der Waals surface area contributed by atoms with Gasteiger partial charge in [0.05, 0.1) is 0 Å².